The van der Waals surface area contributed by atoms with Crippen LogP contribution in [0.3, 0.4) is 0 Å². The zero-order chi connectivity index (χ0) is 13.5. The van der Waals surface area contributed by atoms with E-state index in [4.69, 9.17) is 9.15 Å². The Morgan fingerprint density at radius 2 is 2.17 bits per heavy atom. The fourth-order valence-electron chi connectivity index (χ4n) is 2.72. The lowest BCUT2D eigenvalue weighted by atomic mass is 9.96. The molecule has 0 aromatic carbocycles. The summed E-state index contributed by atoms with van der Waals surface area (Å²) in [6, 6.07) is 0.287. The number of methoxy groups -OCH3 is 1. The van der Waals surface area contributed by atoms with Crippen LogP contribution in [0.5, 0.6) is 5.95 Å². The summed E-state index contributed by atoms with van der Waals surface area (Å²) in [6.45, 7) is 7.02. The molecule has 1 aromatic heterocycles. The van der Waals surface area contributed by atoms with Crippen molar-refractivity contribution in [3.05, 3.63) is 10.2 Å². The number of aromatic hydroxyl groups is 1. The summed E-state index contributed by atoms with van der Waals surface area (Å²) in [5.74, 6) is 0.682. The summed E-state index contributed by atoms with van der Waals surface area (Å²) in [4.78, 5) is 2.27. The molecule has 1 N–H and O–H groups in total. The molecular formula is C13H20BrNO3. The molecule has 0 spiro atoms. The number of hydrogen-bond donors (Lipinski definition) is 1. The molecule has 102 valence electrons. The average Bonchev–Trinajstić information content (AvgIpc) is 2.86. The zero-order valence-corrected chi connectivity index (χ0v) is 12.9. The SMILES string of the molecule is COC(C)(C)[C@@H]1CCCN1c1c(C)oc(O)c1Br. The Labute approximate surface area is 116 Å². The van der Waals surface area contributed by atoms with Gasteiger partial charge in [-0.15, -0.1) is 0 Å². The van der Waals surface area contributed by atoms with Gasteiger partial charge in [0.2, 0.25) is 0 Å². The third kappa shape index (κ3) is 2.14. The van der Waals surface area contributed by atoms with Crippen LogP contribution in [0.15, 0.2) is 8.89 Å². The minimum atomic E-state index is -0.227. The molecule has 18 heavy (non-hydrogen) atoms. The molecule has 0 aliphatic carbocycles. The third-order valence-electron chi connectivity index (χ3n) is 3.85. The third-order valence-corrected chi connectivity index (χ3v) is 4.56. The molecule has 1 aromatic rings. The first-order chi connectivity index (χ1) is 8.38. The van der Waals surface area contributed by atoms with E-state index in [9.17, 15) is 5.11 Å². The lowest BCUT2D eigenvalue weighted by Crippen LogP contribution is -2.47. The summed E-state index contributed by atoms with van der Waals surface area (Å²) in [6.07, 6.45) is 2.20. The van der Waals surface area contributed by atoms with Gasteiger partial charge in [-0.1, -0.05) is 0 Å². The highest BCUT2D eigenvalue weighted by Crippen LogP contribution is 2.44. The number of nitrogens with zero attached hydrogens (tertiary/aromatic N) is 1. The Morgan fingerprint density at radius 1 is 1.50 bits per heavy atom. The van der Waals surface area contributed by atoms with E-state index in [-0.39, 0.29) is 17.6 Å². The highest BCUT2D eigenvalue weighted by molar-refractivity contribution is 9.10. The normalized spacial score (nSPS) is 20.7. The van der Waals surface area contributed by atoms with E-state index in [1.807, 2.05) is 6.92 Å². The molecule has 0 unspecified atom stereocenters. The Balaban J connectivity index is 2.38. The van der Waals surface area contributed by atoms with Crippen molar-refractivity contribution < 1.29 is 14.3 Å². The fourth-order valence-corrected chi connectivity index (χ4v) is 3.30. The largest absolute Gasteiger partial charge is 0.480 e. The minimum absolute atomic E-state index is 0.0524. The van der Waals surface area contributed by atoms with Gasteiger partial charge in [-0.05, 0) is 49.5 Å². The number of anilines is 1. The topological polar surface area (TPSA) is 45.8 Å². The Kier molecular flexibility index (Phi) is 3.65. The van der Waals surface area contributed by atoms with Gasteiger partial charge in [0.15, 0.2) is 0 Å². The summed E-state index contributed by atoms with van der Waals surface area (Å²) < 4.78 is 11.5. The molecule has 0 bridgehead atoms. The standard InChI is InChI=1S/C13H20BrNO3/c1-8-11(10(14)12(16)18-8)15-7-5-6-9(15)13(2,3)17-4/h9,16H,5-7H2,1-4H3/t9-/m0/s1. The van der Waals surface area contributed by atoms with Gasteiger partial charge in [0.05, 0.1) is 17.3 Å². The van der Waals surface area contributed by atoms with Crippen molar-refractivity contribution in [2.24, 2.45) is 0 Å². The van der Waals surface area contributed by atoms with Gasteiger partial charge in [-0.25, -0.2) is 0 Å². The van der Waals surface area contributed by atoms with Crippen LogP contribution < -0.4 is 4.90 Å². The predicted molar refractivity (Wildman–Crippen MR) is 74.3 cm³/mol. The van der Waals surface area contributed by atoms with Crippen LogP contribution in [0.2, 0.25) is 0 Å². The second-order valence-corrected chi connectivity index (χ2v) is 6.08. The lowest BCUT2D eigenvalue weighted by molar-refractivity contribution is 0.00187. The van der Waals surface area contributed by atoms with Crippen LogP contribution in [-0.2, 0) is 4.74 Å². The lowest BCUT2D eigenvalue weighted by Gasteiger charge is -2.37. The Hall–Kier alpha value is -0.680. The van der Waals surface area contributed by atoms with Crippen LogP contribution in [0, 0.1) is 6.92 Å². The summed E-state index contributed by atoms with van der Waals surface area (Å²) in [5, 5.41) is 9.66. The summed E-state index contributed by atoms with van der Waals surface area (Å²) >= 11 is 3.40. The van der Waals surface area contributed by atoms with Crippen LogP contribution in [0.1, 0.15) is 32.4 Å². The van der Waals surface area contributed by atoms with E-state index in [0.29, 0.717) is 4.47 Å². The predicted octanol–water partition coefficient (Wildman–Crippen LogP) is 3.45. The van der Waals surface area contributed by atoms with Gasteiger partial charge in [0, 0.05) is 13.7 Å². The molecule has 0 amide bonds. The maximum absolute atomic E-state index is 9.66. The van der Waals surface area contributed by atoms with Gasteiger partial charge >= 0.3 is 0 Å². The smallest absolute Gasteiger partial charge is 0.299 e. The number of furan rings is 1. The van der Waals surface area contributed by atoms with E-state index >= 15 is 0 Å². The maximum atomic E-state index is 9.66. The molecule has 1 aliphatic rings. The Morgan fingerprint density at radius 3 is 2.67 bits per heavy atom. The van der Waals surface area contributed by atoms with Crippen molar-refractivity contribution in [2.45, 2.75) is 45.3 Å². The molecule has 5 heteroatoms. The van der Waals surface area contributed by atoms with E-state index in [1.165, 1.54) is 0 Å². The number of ether oxygens (including phenoxy) is 1. The van der Waals surface area contributed by atoms with E-state index in [1.54, 1.807) is 7.11 Å². The molecule has 0 radical (unpaired) electrons. The van der Waals surface area contributed by atoms with E-state index < -0.39 is 0 Å². The second-order valence-electron chi connectivity index (χ2n) is 5.28. The maximum Gasteiger partial charge on any atom is 0.299 e. The summed E-state index contributed by atoms with van der Waals surface area (Å²) in [5.41, 5.74) is 0.718. The van der Waals surface area contributed by atoms with Gasteiger partial charge in [-0.3, -0.25) is 0 Å². The molecule has 2 heterocycles. The molecule has 1 fully saturated rings. The van der Waals surface area contributed by atoms with Crippen molar-refractivity contribution in [1.29, 1.82) is 0 Å². The number of hydrogen-bond acceptors (Lipinski definition) is 4. The van der Waals surface area contributed by atoms with Gasteiger partial charge in [0.1, 0.15) is 10.2 Å². The van der Waals surface area contributed by atoms with Crippen LogP contribution in [0.4, 0.5) is 5.69 Å². The van der Waals surface area contributed by atoms with Crippen molar-refractivity contribution in [3.8, 4) is 5.95 Å². The van der Waals surface area contributed by atoms with Gasteiger partial charge in [-0.2, -0.15) is 0 Å². The van der Waals surface area contributed by atoms with Crippen LogP contribution >= 0.6 is 15.9 Å². The van der Waals surface area contributed by atoms with Crippen molar-refractivity contribution in [1.82, 2.24) is 0 Å². The van der Waals surface area contributed by atoms with Crippen LogP contribution in [-0.4, -0.2) is 30.4 Å². The quantitative estimate of drug-likeness (QED) is 0.927. The molecule has 0 saturated carbocycles. The number of aryl methyl sites for hydroxylation is 1. The van der Waals surface area contributed by atoms with Crippen molar-refractivity contribution >= 4 is 21.6 Å². The first-order valence-electron chi connectivity index (χ1n) is 6.18. The molecule has 1 aliphatic heterocycles. The molecule has 4 nitrogen and oxygen atoms in total. The second kappa shape index (κ2) is 4.78. The van der Waals surface area contributed by atoms with Crippen molar-refractivity contribution in [3.63, 3.8) is 0 Å². The Bertz CT molecular complexity index is 442. The fraction of sp³-hybridized carbons (Fsp3) is 0.692. The molecule has 1 atom stereocenters. The zero-order valence-electron chi connectivity index (χ0n) is 11.3. The highest BCUT2D eigenvalue weighted by Gasteiger charge is 2.40. The van der Waals surface area contributed by atoms with E-state index in [2.05, 4.69) is 34.7 Å². The highest BCUT2D eigenvalue weighted by atomic mass is 79.9. The first kappa shape index (κ1) is 13.7. The van der Waals surface area contributed by atoms with Gasteiger partial charge < -0.3 is 19.2 Å². The van der Waals surface area contributed by atoms with Gasteiger partial charge in [0.25, 0.3) is 5.95 Å². The summed E-state index contributed by atoms with van der Waals surface area (Å²) in [7, 11) is 1.74. The van der Waals surface area contributed by atoms with Crippen molar-refractivity contribution in [2.75, 3.05) is 18.6 Å². The minimum Gasteiger partial charge on any atom is -0.480 e. The number of rotatable bonds is 3. The van der Waals surface area contributed by atoms with Crippen LogP contribution in [0.25, 0.3) is 0 Å². The van der Waals surface area contributed by atoms with E-state index in [0.717, 1.165) is 30.8 Å². The molecular weight excluding hydrogens is 298 g/mol. The number of halogens is 1. The first-order valence-corrected chi connectivity index (χ1v) is 6.97. The molecule has 1 saturated heterocycles. The average molecular weight is 318 g/mol. The molecule has 2 rings (SSSR count). The monoisotopic (exact) mass is 317 g/mol.